The zero-order valence-electron chi connectivity index (χ0n) is 17.1. The summed E-state index contributed by atoms with van der Waals surface area (Å²) in [5, 5.41) is 30.1. The number of rotatable bonds is 8. The van der Waals surface area contributed by atoms with Crippen LogP contribution in [0.2, 0.25) is 0 Å². The van der Waals surface area contributed by atoms with Gasteiger partial charge in [0.15, 0.2) is 5.65 Å². The molecule has 4 aromatic rings. The van der Waals surface area contributed by atoms with Gasteiger partial charge in [-0.1, -0.05) is 12.1 Å². The van der Waals surface area contributed by atoms with Gasteiger partial charge in [-0.2, -0.15) is 9.61 Å². The minimum atomic E-state index is -3.71. The number of benzene rings is 2. The smallest absolute Gasteiger partial charge is 0.240 e. The van der Waals surface area contributed by atoms with E-state index in [9.17, 15) is 18.6 Å². The van der Waals surface area contributed by atoms with Gasteiger partial charge in [-0.25, -0.2) is 18.1 Å². The number of aromatic hydroxyl groups is 2. The molecule has 0 bridgehead atoms. The highest BCUT2D eigenvalue weighted by Gasteiger charge is 2.15. The molecule has 0 amide bonds. The van der Waals surface area contributed by atoms with E-state index in [4.69, 9.17) is 0 Å². The van der Waals surface area contributed by atoms with Gasteiger partial charge in [0.2, 0.25) is 10.0 Å². The molecule has 0 saturated heterocycles. The quantitative estimate of drug-likeness (QED) is 0.255. The van der Waals surface area contributed by atoms with Crippen molar-refractivity contribution >= 4 is 27.2 Å². The molecule has 0 aliphatic rings. The molecule has 4 rings (SSSR count). The molecule has 0 aliphatic heterocycles. The Morgan fingerprint density at radius 2 is 1.78 bits per heavy atom. The average molecular weight is 455 g/mol. The summed E-state index contributed by atoms with van der Waals surface area (Å²) in [5.74, 6) is 0.675. The van der Waals surface area contributed by atoms with Crippen LogP contribution in [0.3, 0.4) is 0 Å². The second-order valence-electron chi connectivity index (χ2n) is 6.91. The van der Waals surface area contributed by atoms with Crippen LogP contribution >= 0.6 is 0 Å². The van der Waals surface area contributed by atoms with Crippen molar-refractivity contribution in [2.75, 3.05) is 30.8 Å². The molecule has 32 heavy (non-hydrogen) atoms. The van der Waals surface area contributed by atoms with Crippen LogP contribution in [0.1, 0.15) is 0 Å². The van der Waals surface area contributed by atoms with Gasteiger partial charge in [-0.3, -0.25) is 0 Å². The highest BCUT2D eigenvalue weighted by molar-refractivity contribution is 7.89. The Kier molecular flexibility index (Phi) is 5.84. The minimum absolute atomic E-state index is 0.00672. The lowest BCUT2D eigenvalue weighted by Gasteiger charge is -2.12. The molecule has 0 unspecified atom stereocenters. The number of para-hydroxylation sites is 1. The van der Waals surface area contributed by atoms with Crippen LogP contribution in [-0.2, 0) is 10.0 Å². The van der Waals surface area contributed by atoms with E-state index in [-0.39, 0.29) is 29.5 Å². The zero-order chi connectivity index (χ0) is 22.7. The molecule has 11 heteroatoms. The van der Waals surface area contributed by atoms with E-state index in [2.05, 4.69) is 25.4 Å². The second kappa shape index (κ2) is 8.73. The Labute approximate surface area is 184 Å². The summed E-state index contributed by atoms with van der Waals surface area (Å²) < 4.78 is 28.9. The number of phenols is 2. The van der Waals surface area contributed by atoms with E-state index < -0.39 is 10.0 Å². The summed E-state index contributed by atoms with van der Waals surface area (Å²) in [6, 6.07) is 13.9. The van der Waals surface area contributed by atoms with Crippen molar-refractivity contribution in [1.29, 1.82) is 0 Å². The first-order valence-corrected chi connectivity index (χ1v) is 11.2. The van der Waals surface area contributed by atoms with Crippen molar-refractivity contribution < 1.29 is 18.6 Å². The topological polar surface area (TPSA) is 141 Å². The molecule has 0 atom stereocenters. The summed E-state index contributed by atoms with van der Waals surface area (Å²) >= 11 is 0. The van der Waals surface area contributed by atoms with E-state index in [1.54, 1.807) is 42.0 Å². The molecule has 0 fully saturated rings. The Hall–Kier alpha value is -3.83. The van der Waals surface area contributed by atoms with Crippen LogP contribution in [0, 0.1) is 0 Å². The highest BCUT2D eigenvalue weighted by Crippen LogP contribution is 2.30. The number of aromatic nitrogens is 3. The van der Waals surface area contributed by atoms with Gasteiger partial charge in [0.05, 0.1) is 22.5 Å². The number of phenolic OH excluding ortho intramolecular Hbond substituents is 2. The molecule has 0 spiro atoms. The van der Waals surface area contributed by atoms with Gasteiger partial charge in [0.25, 0.3) is 0 Å². The van der Waals surface area contributed by atoms with Crippen molar-refractivity contribution in [2.24, 2.45) is 0 Å². The first kappa shape index (κ1) is 21.4. The van der Waals surface area contributed by atoms with Crippen molar-refractivity contribution in [3.05, 3.63) is 60.8 Å². The second-order valence-corrected chi connectivity index (χ2v) is 8.67. The monoisotopic (exact) mass is 454 g/mol. The van der Waals surface area contributed by atoms with Gasteiger partial charge in [0, 0.05) is 31.8 Å². The summed E-state index contributed by atoms with van der Waals surface area (Å²) in [5.41, 5.74) is 2.37. The number of nitrogens with one attached hydrogen (secondary N) is 3. The SMILES string of the molecule is CNc1cnn2c(NCCNS(=O)(=O)c3ccc(O)cc3)cc(-c3ccccc3O)nc12. The van der Waals surface area contributed by atoms with Crippen molar-refractivity contribution in [1.82, 2.24) is 19.3 Å². The molecule has 2 aromatic carbocycles. The number of anilines is 2. The van der Waals surface area contributed by atoms with Gasteiger partial charge < -0.3 is 20.8 Å². The summed E-state index contributed by atoms with van der Waals surface area (Å²) in [4.78, 5) is 4.68. The third-order valence-corrected chi connectivity index (χ3v) is 6.27. The van der Waals surface area contributed by atoms with Crippen molar-refractivity contribution in [2.45, 2.75) is 4.90 Å². The lowest BCUT2D eigenvalue weighted by Crippen LogP contribution is -2.29. The zero-order valence-corrected chi connectivity index (χ0v) is 18.0. The van der Waals surface area contributed by atoms with Crippen molar-refractivity contribution in [3.8, 4) is 22.8 Å². The standard InChI is InChI=1S/C21H22N6O4S/c1-22-18-13-24-27-20(12-17(26-21(18)27)16-4-2-3-5-19(16)29)23-10-11-25-32(30,31)15-8-6-14(28)7-9-15/h2-9,12-13,22-23,25,28-29H,10-11H2,1H3. The predicted molar refractivity (Wildman–Crippen MR) is 121 cm³/mol. The fourth-order valence-corrected chi connectivity index (χ4v) is 4.21. The Bertz CT molecular complexity index is 1350. The molecule has 0 radical (unpaired) electrons. The van der Waals surface area contributed by atoms with E-state index in [1.165, 1.54) is 24.3 Å². The number of nitrogens with zero attached hydrogens (tertiary/aromatic N) is 3. The van der Waals surface area contributed by atoms with E-state index >= 15 is 0 Å². The van der Waals surface area contributed by atoms with Crippen LogP contribution in [0.5, 0.6) is 11.5 Å². The van der Waals surface area contributed by atoms with Crippen LogP contribution in [-0.4, -0.2) is 53.4 Å². The fraction of sp³-hybridized carbons (Fsp3) is 0.143. The minimum Gasteiger partial charge on any atom is -0.508 e. The van der Waals surface area contributed by atoms with Gasteiger partial charge in [-0.05, 0) is 36.4 Å². The highest BCUT2D eigenvalue weighted by atomic mass is 32.2. The molecule has 10 nitrogen and oxygen atoms in total. The first-order chi connectivity index (χ1) is 15.4. The molecular weight excluding hydrogens is 432 g/mol. The Morgan fingerprint density at radius 1 is 1.03 bits per heavy atom. The van der Waals surface area contributed by atoms with E-state index in [0.29, 0.717) is 28.4 Å². The number of hydrogen-bond acceptors (Lipinski definition) is 8. The van der Waals surface area contributed by atoms with Crippen LogP contribution in [0.4, 0.5) is 11.5 Å². The van der Waals surface area contributed by atoms with E-state index in [1.807, 2.05) is 6.07 Å². The molecule has 2 heterocycles. The molecule has 2 aromatic heterocycles. The number of sulfonamides is 1. The average Bonchev–Trinajstić information content (AvgIpc) is 3.20. The molecule has 5 N–H and O–H groups in total. The Balaban J connectivity index is 1.55. The maximum atomic E-state index is 12.4. The van der Waals surface area contributed by atoms with Gasteiger partial charge >= 0.3 is 0 Å². The fourth-order valence-electron chi connectivity index (χ4n) is 3.18. The van der Waals surface area contributed by atoms with Crippen LogP contribution in [0.15, 0.2) is 65.7 Å². The molecule has 0 aliphatic carbocycles. The maximum absolute atomic E-state index is 12.4. The van der Waals surface area contributed by atoms with Crippen molar-refractivity contribution in [3.63, 3.8) is 0 Å². The summed E-state index contributed by atoms with van der Waals surface area (Å²) in [6.07, 6.45) is 1.63. The molecular formula is C21H22N6O4S. The third kappa shape index (κ3) is 4.29. The number of fused-ring (bicyclic) bond motifs is 1. The lowest BCUT2D eigenvalue weighted by molar-refractivity contribution is 0.474. The van der Waals surface area contributed by atoms with Gasteiger partial charge in [-0.15, -0.1) is 0 Å². The van der Waals surface area contributed by atoms with Gasteiger partial charge in [0.1, 0.15) is 17.3 Å². The number of hydrogen-bond donors (Lipinski definition) is 5. The summed E-state index contributed by atoms with van der Waals surface area (Å²) in [6.45, 7) is 0.379. The predicted octanol–water partition coefficient (Wildman–Crippen LogP) is 2.24. The third-order valence-electron chi connectivity index (χ3n) is 4.79. The Morgan fingerprint density at radius 3 is 2.50 bits per heavy atom. The largest absolute Gasteiger partial charge is 0.508 e. The summed E-state index contributed by atoms with van der Waals surface area (Å²) in [7, 11) is -1.95. The molecule has 0 saturated carbocycles. The van der Waals surface area contributed by atoms with Crippen LogP contribution in [0.25, 0.3) is 16.9 Å². The van der Waals surface area contributed by atoms with E-state index in [0.717, 1.165) is 0 Å². The maximum Gasteiger partial charge on any atom is 0.240 e. The lowest BCUT2D eigenvalue weighted by atomic mass is 10.1. The normalized spacial score (nSPS) is 11.5. The molecule has 166 valence electrons. The van der Waals surface area contributed by atoms with Crippen LogP contribution < -0.4 is 15.4 Å². The first-order valence-electron chi connectivity index (χ1n) is 9.76.